The van der Waals surface area contributed by atoms with Crippen LogP contribution in [-0.4, -0.2) is 19.1 Å². The zero-order valence-electron chi connectivity index (χ0n) is 30.1. The van der Waals surface area contributed by atoms with Crippen LogP contribution >= 0.6 is 0 Å². The SMILES string of the molecule is CC(C)(C)c1cc(N(c2ccccc2)c2ccc3c4cccc5c4n(c3c2)-c2ncccc2C5(C)C)cc(-n2c3ccccc3c3cccnc32)c1. The Morgan fingerprint density at radius 1 is 0.538 bits per heavy atom. The minimum atomic E-state index is -0.169. The van der Waals surface area contributed by atoms with Gasteiger partial charge in [0.25, 0.3) is 0 Å². The minimum absolute atomic E-state index is 0.106. The molecule has 1 aliphatic heterocycles. The molecule has 0 saturated heterocycles. The van der Waals surface area contributed by atoms with Gasteiger partial charge in [0.1, 0.15) is 11.5 Å². The van der Waals surface area contributed by atoms with E-state index in [9.17, 15) is 0 Å². The van der Waals surface area contributed by atoms with Gasteiger partial charge in [-0.25, -0.2) is 9.97 Å². The standard InChI is InChI=1S/C47H39N5/c1-46(2,3)30-26-33(28-34(27-30)51-41-21-10-9-16-35(41)38-18-12-24-48-44(38)51)50(31-14-7-6-8-15-31)32-22-23-36-37-17-11-19-39-43(37)52(42(36)29-32)45-40(47(39,4)5)20-13-25-49-45/h6-29H,1-5H3. The van der Waals surface area contributed by atoms with E-state index in [1.165, 1.54) is 38.4 Å². The minimum Gasteiger partial charge on any atom is -0.310 e. The lowest BCUT2D eigenvalue weighted by Gasteiger charge is -2.33. The number of fused-ring (bicyclic) bond motifs is 8. The summed E-state index contributed by atoms with van der Waals surface area (Å²) in [5.74, 6) is 1.01. The summed E-state index contributed by atoms with van der Waals surface area (Å²) in [5, 5.41) is 4.83. The van der Waals surface area contributed by atoms with Gasteiger partial charge in [0.2, 0.25) is 0 Å². The number of hydrogen-bond donors (Lipinski definition) is 0. The number of benzene rings is 5. The summed E-state index contributed by atoms with van der Waals surface area (Å²) in [7, 11) is 0. The lowest BCUT2D eigenvalue weighted by molar-refractivity contribution is 0.590. The molecule has 0 aliphatic carbocycles. The van der Waals surface area contributed by atoms with Crippen molar-refractivity contribution in [2.24, 2.45) is 0 Å². The average Bonchev–Trinajstić information content (AvgIpc) is 3.67. The highest BCUT2D eigenvalue weighted by atomic mass is 15.2. The van der Waals surface area contributed by atoms with Crippen molar-refractivity contribution < 1.29 is 0 Å². The van der Waals surface area contributed by atoms with Crippen LogP contribution in [0.5, 0.6) is 0 Å². The molecule has 10 rings (SSSR count). The molecule has 0 atom stereocenters. The Balaban J connectivity index is 1.27. The third-order valence-corrected chi connectivity index (χ3v) is 11.1. The molecule has 5 heterocycles. The molecule has 252 valence electrons. The molecule has 0 bridgehead atoms. The Labute approximate surface area is 303 Å². The molecule has 9 aromatic rings. The highest BCUT2D eigenvalue weighted by molar-refractivity contribution is 6.12. The maximum atomic E-state index is 5.02. The second-order valence-corrected chi connectivity index (χ2v) is 15.6. The van der Waals surface area contributed by atoms with Gasteiger partial charge in [-0.15, -0.1) is 0 Å². The summed E-state index contributed by atoms with van der Waals surface area (Å²) in [6, 6.07) is 48.6. The second kappa shape index (κ2) is 10.9. The maximum absolute atomic E-state index is 5.02. The fourth-order valence-electron chi connectivity index (χ4n) is 8.49. The normalized spacial score (nSPS) is 13.6. The van der Waals surface area contributed by atoms with Crippen LogP contribution in [0, 0.1) is 0 Å². The van der Waals surface area contributed by atoms with Crippen LogP contribution in [0.3, 0.4) is 0 Å². The van der Waals surface area contributed by atoms with Gasteiger partial charge in [0, 0.05) is 62.0 Å². The number of hydrogen-bond acceptors (Lipinski definition) is 3. The number of rotatable bonds is 4. The lowest BCUT2D eigenvalue weighted by Crippen LogP contribution is -2.26. The zero-order chi connectivity index (χ0) is 35.4. The lowest BCUT2D eigenvalue weighted by atomic mass is 9.76. The summed E-state index contributed by atoms with van der Waals surface area (Å²) in [5.41, 5.74) is 12.4. The molecular weight excluding hydrogens is 635 g/mol. The highest BCUT2D eigenvalue weighted by Crippen LogP contribution is 2.48. The second-order valence-electron chi connectivity index (χ2n) is 15.6. The van der Waals surface area contributed by atoms with Crippen LogP contribution in [-0.2, 0) is 10.8 Å². The van der Waals surface area contributed by atoms with Gasteiger partial charge >= 0.3 is 0 Å². The molecule has 5 aromatic carbocycles. The summed E-state index contributed by atoms with van der Waals surface area (Å²) >= 11 is 0. The van der Waals surface area contributed by atoms with Gasteiger partial charge in [-0.2, -0.15) is 0 Å². The fourth-order valence-corrected chi connectivity index (χ4v) is 8.49. The van der Waals surface area contributed by atoms with Crippen molar-refractivity contribution in [2.45, 2.75) is 45.4 Å². The number of nitrogens with zero attached hydrogens (tertiary/aromatic N) is 5. The first-order valence-corrected chi connectivity index (χ1v) is 18.1. The van der Waals surface area contributed by atoms with Gasteiger partial charge in [0.05, 0.1) is 22.2 Å². The van der Waals surface area contributed by atoms with Gasteiger partial charge in [-0.05, 0) is 83.3 Å². The van der Waals surface area contributed by atoms with Crippen molar-refractivity contribution in [1.82, 2.24) is 19.1 Å². The monoisotopic (exact) mass is 673 g/mol. The van der Waals surface area contributed by atoms with E-state index in [-0.39, 0.29) is 10.8 Å². The molecule has 5 nitrogen and oxygen atoms in total. The van der Waals surface area contributed by atoms with Crippen molar-refractivity contribution in [3.05, 3.63) is 163 Å². The quantitative estimate of drug-likeness (QED) is 0.187. The van der Waals surface area contributed by atoms with E-state index in [4.69, 9.17) is 9.97 Å². The molecule has 0 fully saturated rings. The van der Waals surface area contributed by atoms with Crippen molar-refractivity contribution in [3.8, 4) is 11.5 Å². The van der Waals surface area contributed by atoms with Gasteiger partial charge < -0.3 is 4.90 Å². The van der Waals surface area contributed by atoms with Gasteiger partial charge in [-0.3, -0.25) is 9.13 Å². The van der Waals surface area contributed by atoms with Gasteiger partial charge in [-0.1, -0.05) is 101 Å². The van der Waals surface area contributed by atoms with E-state index in [0.29, 0.717) is 0 Å². The summed E-state index contributed by atoms with van der Waals surface area (Å²) in [6.07, 6.45) is 3.81. The third kappa shape index (κ3) is 4.35. The highest BCUT2D eigenvalue weighted by Gasteiger charge is 2.36. The summed E-state index contributed by atoms with van der Waals surface area (Å²) in [6.45, 7) is 11.5. The molecule has 52 heavy (non-hydrogen) atoms. The van der Waals surface area contributed by atoms with Crippen LogP contribution in [0.15, 0.2) is 146 Å². The Kier molecular flexibility index (Phi) is 6.42. The Hall–Kier alpha value is -6.20. The van der Waals surface area contributed by atoms with E-state index in [1.54, 1.807) is 0 Å². The van der Waals surface area contributed by atoms with Crippen LogP contribution in [0.25, 0.3) is 55.2 Å². The first kappa shape index (κ1) is 30.6. The first-order valence-electron chi connectivity index (χ1n) is 18.1. The van der Waals surface area contributed by atoms with E-state index < -0.39 is 0 Å². The molecule has 0 saturated carbocycles. The molecule has 5 heteroatoms. The molecular formula is C47H39N5. The summed E-state index contributed by atoms with van der Waals surface area (Å²) < 4.78 is 4.72. The number of aromatic nitrogens is 4. The summed E-state index contributed by atoms with van der Waals surface area (Å²) in [4.78, 5) is 12.4. The van der Waals surface area contributed by atoms with Crippen LogP contribution < -0.4 is 4.90 Å². The Morgan fingerprint density at radius 2 is 1.25 bits per heavy atom. The topological polar surface area (TPSA) is 38.9 Å². The van der Waals surface area contributed by atoms with Crippen LogP contribution in [0.2, 0.25) is 0 Å². The molecule has 1 aliphatic rings. The first-order chi connectivity index (χ1) is 25.2. The molecule has 0 radical (unpaired) electrons. The van der Waals surface area contributed by atoms with Crippen molar-refractivity contribution >= 4 is 60.8 Å². The van der Waals surface area contributed by atoms with E-state index in [1.807, 2.05) is 18.5 Å². The maximum Gasteiger partial charge on any atom is 0.145 e. The van der Waals surface area contributed by atoms with Gasteiger partial charge in [0.15, 0.2) is 0 Å². The Bertz CT molecular complexity index is 2810. The van der Waals surface area contributed by atoms with Crippen molar-refractivity contribution in [1.29, 1.82) is 0 Å². The fraction of sp³-hybridized carbons (Fsp3) is 0.149. The van der Waals surface area contributed by atoms with Crippen molar-refractivity contribution in [3.63, 3.8) is 0 Å². The van der Waals surface area contributed by atoms with E-state index >= 15 is 0 Å². The van der Waals surface area contributed by atoms with Crippen molar-refractivity contribution in [2.75, 3.05) is 4.90 Å². The van der Waals surface area contributed by atoms with E-state index in [0.717, 1.165) is 50.6 Å². The molecule has 0 N–H and O–H groups in total. The zero-order valence-corrected chi connectivity index (χ0v) is 30.1. The van der Waals surface area contributed by atoms with Crippen LogP contribution in [0.4, 0.5) is 17.1 Å². The Morgan fingerprint density at radius 3 is 2.10 bits per heavy atom. The largest absolute Gasteiger partial charge is 0.310 e. The van der Waals surface area contributed by atoms with E-state index in [2.05, 4.69) is 176 Å². The van der Waals surface area contributed by atoms with Crippen LogP contribution in [0.1, 0.15) is 51.3 Å². The predicted molar refractivity (Wildman–Crippen MR) is 216 cm³/mol. The third-order valence-electron chi connectivity index (χ3n) is 11.1. The number of para-hydroxylation sites is 3. The number of anilines is 3. The smallest absolute Gasteiger partial charge is 0.145 e. The molecule has 0 amide bonds. The molecule has 0 unspecified atom stereocenters. The molecule has 4 aromatic heterocycles. The average molecular weight is 674 g/mol. The predicted octanol–water partition coefficient (Wildman–Crippen LogP) is 12.1. The molecule has 0 spiro atoms. The number of pyridine rings is 2.